The predicted octanol–water partition coefficient (Wildman–Crippen LogP) is 5.26. The number of hydrogen-bond donors (Lipinski definition) is 1. The molecule has 2 amide bonds. The number of hydrogen-bond acceptors (Lipinski definition) is 7. The largest absolute Gasteiger partial charge is 0.479 e. The van der Waals surface area contributed by atoms with Crippen molar-refractivity contribution in [3.05, 3.63) is 79.4 Å². The molecule has 4 aromatic rings. The van der Waals surface area contributed by atoms with E-state index in [2.05, 4.69) is 15.3 Å². The van der Waals surface area contributed by atoms with Gasteiger partial charge in [-0.25, -0.2) is 14.5 Å². The maximum atomic E-state index is 13.8. The van der Waals surface area contributed by atoms with Gasteiger partial charge < -0.3 is 14.0 Å². The van der Waals surface area contributed by atoms with E-state index >= 15 is 0 Å². The van der Waals surface area contributed by atoms with Crippen molar-refractivity contribution in [2.24, 2.45) is 7.05 Å². The minimum absolute atomic E-state index is 0.00919. The molecule has 4 heterocycles. The van der Waals surface area contributed by atoms with E-state index in [4.69, 9.17) is 37.8 Å². The molecule has 1 aliphatic rings. The SMILES string of the molecule is COc1ncc(-n2nc3c(c2C(C)C)C(c2ccc(Cl)cc2C)N(c2cc(Cl)c(=O)n(C)c2)C(=O)N3)c(OC)n1. The standard InChI is InChI=1S/C27H27Cl2N7O4/c1-13(2)21-20-22(17-8-7-15(28)9-14(17)3)35(16-10-18(29)25(37)34(4)12-16)27(38)31-23(20)33-36(21)19-11-30-26(40-6)32-24(19)39-5/h7-13,22H,1-6H3,(H,31,33,38). The molecule has 13 heteroatoms. The summed E-state index contributed by atoms with van der Waals surface area (Å²) < 4.78 is 13.7. The van der Waals surface area contributed by atoms with E-state index in [0.29, 0.717) is 22.2 Å². The number of anilines is 2. The van der Waals surface area contributed by atoms with Crippen molar-refractivity contribution in [1.82, 2.24) is 24.3 Å². The third-order valence-electron chi connectivity index (χ3n) is 6.73. The van der Waals surface area contributed by atoms with E-state index in [1.54, 1.807) is 35.1 Å². The number of carbonyl (C=O) groups excluding carboxylic acids is 1. The van der Waals surface area contributed by atoms with Gasteiger partial charge in [0.1, 0.15) is 10.7 Å². The van der Waals surface area contributed by atoms with Crippen LogP contribution in [0.2, 0.25) is 10.0 Å². The van der Waals surface area contributed by atoms with Crippen LogP contribution in [0.4, 0.5) is 16.3 Å². The van der Waals surface area contributed by atoms with Crippen LogP contribution in [0, 0.1) is 6.92 Å². The fraction of sp³-hybridized carbons (Fsp3) is 0.296. The van der Waals surface area contributed by atoms with Crippen molar-refractivity contribution < 1.29 is 14.3 Å². The Labute approximate surface area is 240 Å². The van der Waals surface area contributed by atoms with Crippen LogP contribution in [-0.4, -0.2) is 44.6 Å². The minimum atomic E-state index is -0.647. The second kappa shape index (κ2) is 10.5. The number of methoxy groups -OCH3 is 2. The number of pyridine rings is 1. The van der Waals surface area contributed by atoms with E-state index in [0.717, 1.165) is 22.4 Å². The van der Waals surface area contributed by atoms with E-state index in [-0.39, 0.29) is 28.4 Å². The Morgan fingerprint density at radius 2 is 1.85 bits per heavy atom. The Bertz CT molecular complexity index is 1670. The first-order valence-electron chi connectivity index (χ1n) is 12.4. The second-order valence-corrected chi connectivity index (χ2v) is 10.5. The molecule has 1 atom stereocenters. The zero-order chi connectivity index (χ0) is 28.9. The summed E-state index contributed by atoms with van der Waals surface area (Å²) in [4.78, 5) is 36.3. The molecule has 0 saturated heterocycles. The van der Waals surface area contributed by atoms with Gasteiger partial charge in [0.2, 0.25) is 5.88 Å². The fourth-order valence-electron chi connectivity index (χ4n) is 4.98. The molecule has 40 heavy (non-hydrogen) atoms. The number of aromatic nitrogens is 5. The minimum Gasteiger partial charge on any atom is -0.479 e. The summed E-state index contributed by atoms with van der Waals surface area (Å²) in [5.74, 6) is 0.553. The predicted molar refractivity (Wildman–Crippen MR) is 153 cm³/mol. The van der Waals surface area contributed by atoms with Gasteiger partial charge in [0.25, 0.3) is 5.56 Å². The Morgan fingerprint density at radius 3 is 2.48 bits per heavy atom. The van der Waals surface area contributed by atoms with Gasteiger partial charge >= 0.3 is 12.0 Å². The molecule has 1 aromatic carbocycles. The molecule has 0 radical (unpaired) electrons. The summed E-state index contributed by atoms with van der Waals surface area (Å²) >= 11 is 12.6. The highest BCUT2D eigenvalue weighted by Gasteiger charge is 2.41. The summed E-state index contributed by atoms with van der Waals surface area (Å²) in [5.41, 5.74) is 3.77. The summed E-state index contributed by atoms with van der Waals surface area (Å²) in [6.45, 7) is 5.99. The van der Waals surface area contributed by atoms with Gasteiger partial charge in [0, 0.05) is 23.8 Å². The maximum absolute atomic E-state index is 13.8. The average molecular weight is 584 g/mol. The molecule has 1 aliphatic heterocycles. The summed E-state index contributed by atoms with van der Waals surface area (Å²) in [5, 5.41) is 8.30. The molecule has 5 rings (SSSR count). The molecule has 1 N–H and O–H groups in total. The van der Waals surface area contributed by atoms with Crippen LogP contribution in [0.15, 0.2) is 41.5 Å². The molecule has 3 aromatic heterocycles. The molecule has 0 fully saturated rings. The zero-order valence-corrected chi connectivity index (χ0v) is 24.2. The molecule has 208 valence electrons. The highest BCUT2D eigenvalue weighted by Crippen LogP contribution is 2.46. The van der Waals surface area contributed by atoms with Crippen molar-refractivity contribution in [2.75, 3.05) is 24.4 Å². The topological polar surface area (TPSA) is 116 Å². The molecule has 0 aliphatic carbocycles. The van der Waals surface area contributed by atoms with Crippen LogP contribution >= 0.6 is 23.2 Å². The van der Waals surface area contributed by atoms with Crippen LogP contribution in [-0.2, 0) is 7.05 Å². The normalized spacial score (nSPS) is 14.8. The first kappa shape index (κ1) is 27.5. The number of nitrogens with zero attached hydrogens (tertiary/aromatic N) is 6. The number of halogens is 2. The average Bonchev–Trinajstić information content (AvgIpc) is 3.29. The van der Waals surface area contributed by atoms with E-state index in [1.807, 2.05) is 32.9 Å². The van der Waals surface area contributed by atoms with Crippen molar-refractivity contribution in [3.8, 4) is 17.6 Å². The van der Waals surface area contributed by atoms with Crippen LogP contribution in [0.3, 0.4) is 0 Å². The number of amides is 2. The monoisotopic (exact) mass is 583 g/mol. The van der Waals surface area contributed by atoms with Gasteiger partial charge in [-0.15, -0.1) is 5.10 Å². The van der Waals surface area contributed by atoms with E-state index in [1.165, 1.54) is 24.9 Å². The number of aryl methyl sites for hydroxylation is 2. The third kappa shape index (κ3) is 4.54. The Balaban J connectivity index is 1.84. The van der Waals surface area contributed by atoms with Gasteiger partial charge in [0.05, 0.1) is 37.8 Å². The van der Waals surface area contributed by atoms with Crippen molar-refractivity contribution in [2.45, 2.75) is 32.7 Å². The zero-order valence-electron chi connectivity index (χ0n) is 22.7. The van der Waals surface area contributed by atoms with Gasteiger partial charge in [-0.3, -0.25) is 15.0 Å². The van der Waals surface area contributed by atoms with Crippen LogP contribution in [0.25, 0.3) is 5.69 Å². The molecular formula is C27H27Cl2N7O4. The number of urea groups is 1. The Kier molecular flexibility index (Phi) is 7.19. The number of fused-ring (bicyclic) bond motifs is 1. The number of nitrogens with one attached hydrogen (secondary N) is 1. The number of ether oxygens (including phenoxy) is 2. The Hall–Kier alpha value is -4.09. The van der Waals surface area contributed by atoms with Crippen molar-refractivity contribution >= 4 is 40.7 Å². The van der Waals surface area contributed by atoms with Crippen molar-refractivity contribution in [3.63, 3.8) is 0 Å². The second-order valence-electron chi connectivity index (χ2n) is 9.63. The number of benzene rings is 1. The molecule has 0 bridgehead atoms. The molecule has 0 spiro atoms. The lowest BCUT2D eigenvalue weighted by Gasteiger charge is -2.37. The maximum Gasteiger partial charge on any atom is 0.328 e. The van der Waals surface area contributed by atoms with Gasteiger partial charge in [-0.2, -0.15) is 4.98 Å². The highest BCUT2D eigenvalue weighted by molar-refractivity contribution is 6.31. The molecule has 11 nitrogen and oxygen atoms in total. The summed E-state index contributed by atoms with van der Waals surface area (Å²) in [6, 6.07) is 6.05. The van der Waals surface area contributed by atoms with Gasteiger partial charge in [0.15, 0.2) is 5.82 Å². The smallest absolute Gasteiger partial charge is 0.328 e. The Morgan fingerprint density at radius 1 is 1.10 bits per heavy atom. The van der Waals surface area contributed by atoms with Crippen LogP contribution in [0.1, 0.15) is 48.2 Å². The van der Waals surface area contributed by atoms with E-state index < -0.39 is 12.1 Å². The van der Waals surface area contributed by atoms with Gasteiger partial charge in [-0.1, -0.05) is 43.1 Å². The van der Waals surface area contributed by atoms with Crippen LogP contribution < -0.4 is 25.2 Å². The number of rotatable bonds is 6. The summed E-state index contributed by atoms with van der Waals surface area (Å²) in [7, 11) is 4.55. The summed E-state index contributed by atoms with van der Waals surface area (Å²) in [6.07, 6.45) is 3.14. The van der Waals surface area contributed by atoms with Crippen molar-refractivity contribution in [1.29, 1.82) is 0 Å². The number of carbonyl (C=O) groups is 1. The molecular weight excluding hydrogens is 557 g/mol. The first-order chi connectivity index (χ1) is 19.0. The molecule has 0 saturated carbocycles. The molecule has 1 unspecified atom stereocenters. The van der Waals surface area contributed by atoms with Crippen LogP contribution in [0.5, 0.6) is 11.9 Å². The lowest BCUT2D eigenvalue weighted by molar-refractivity contribution is 0.254. The lowest BCUT2D eigenvalue weighted by atomic mass is 9.89. The van der Waals surface area contributed by atoms with Gasteiger partial charge in [-0.05, 0) is 42.2 Å². The van der Waals surface area contributed by atoms with E-state index in [9.17, 15) is 9.59 Å². The highest BCUT2D eigenvalue weighted by atomic mass is 35.5. The third-order valence-corrected chi connectivity index (χ3v) is 7.24. The quantitative estimate of drug-likeness (QED) is 0.329. The first-order valence-corrected chi connectivity index (χ1v) is 13.1. The lowest BCUT2D eigenvalue weighted by Crippen LogP contribution is -2.44. The fourth-order valence-corrected chi connectivity index (χ4v) is 5.46.